The van der Waals surface area contributed by atoms with Crippen molar-refractivity contribution in [2.24, 2.45) is 10.8 Å². The highest BCUT2D eigenvalue weighted by Crippen LogP contribution is 2.49. The summed E-state index contributed by atoms with van der Waals surface area (Å²) in [4.78, 5) is 11.4. The minimum atomic E-state index is -0.332. The topological polar surface area (TPSA) is 37.3 Å². The second-order valence-corrected chi connectivity index (χ2v) is 4.27. The van der Waals surface area contributed by atoms with Gasteiger partial charge in [-0.25, -0.2) is 0 Å². The summed E-state index contributed by atoms with van der Waals surface area (Å²) in [6.07, 6.45) is 1.46. The molecule has 1 atom stereocenters. The van der Waals surface area contributed by atoms with Crippen molar-refractivity contribution in [3.63, 3.8) is 0 Å². The fourth-order valence-electron chi connectivity index (χ4n) is 1.63. The average molecular weight is 156 g/mol. The van der Waals surface area contributed by atoms with Crippen LogP contribution in [0.3, 0.4) is 0 Å². The highest BCUT2D eigenvalue weighted by atomic mass is 16.3. The third-order valence-electron chi connectivity index (χ3n) is 3.46. The number of aliphatic hydroxyl groups excluding tert-OH is 1. The molecule has 0 aromatic rings. The highest BCUT2D eigenvalue weighted by Gasteiger charge is 2.50. The lowest BCUT2D eigenvalue weighted by Gasteiger charge is -2.34. The smallest absolute Gasteiger partial charge is 0.139 e. The van der Waals surface area contributed by atoms with Crippen molar-refractivity contribution >= 4 is 5.78 Å². The number of ketones is 1. The first kappa shape index (κ1) is 8.72. The van der Waals surface area contributed by atoms with Gasteiger partial charge in [-0.2, -0.15) is 0 Å². The summed E-state index contributed by atoms with van der Waals surface area (Å²) in [6, 6.07) is 0. The van der Waals surface area contributed by atoms with Gasteiger partial charge in [-0.05, 0) is 6.42 Å². The lowest BCUT2D eigenvalue weighted by atomic mass is 9.69. The molecule has 1 aliphatic rings. The van der Waals surface area contributed by atoms with E-state index in [-0.39, 0.29) is 23.2 Å². The van der Waals surface area contributed by atoms with Crippen LogP contribution >= 0.6 is 0 Å². The fraction of sp³-hybridized carbons (Fsp3) is 0.889. The van der Waals surface area contributed by atoms with Crippen LogP contribution in [0, 0.1) is 10.8 Å². The molecular weight excluding hydrogens is 140 g/mol. The Labute approximate surface area is 67.6 Å². The molecule has 1 aliphatic carbocycles. The van der Waals surface area contributed by atoms with Gasteiger partial charge in [-0.1, -0.05) is 20.8 Å². The zero-order chi connectivity index (χ0) is 8.70. The Hall–Kier alpha value is -0.370. The maximum Gasteiger partial charge on any atom is 0.139 e. The van der Waals surface area contributed by atoms with Crippen LogP contribution in [0.4, 0.5) is 0 Å². The number of hydrogen-bond donors (Lipinski definition) is 1. The predicted octanol–water partition coefficient (Wildman–Crippen LogP) is 1.37. The number of carbonyl (C=O) groups is 1. The maximum atomic E-state index is 11.4. The number of aliphatic hydroxyl groups is 1. The van der Waals surface area contributed by atoms with Crippen molar-refractivity contribution in [3.05, 3.63) is 0 Å². The molecule has 64 valence electrons. The lowest BCUT2D eigenvalue weighted by Crippen LogP contribution is -2.37. The monoisotopic (exact) mass is 156 g/mol. The molecule has 1 rings (SSSR count). The Balaban J connectivity index is 2.95. The van der Waals surface area contributed by atoms with Crippen molar-refractivity contribution in [2.75, 3.05) is 6.61 Å². The second kappa shape index (κ2) is 2.31. The van der Waals surface area contributed by atoms with Gasteiger partial charge >= 0.3 is 0 Å². The average Bonchev–Trinajstić information content (AvgIpc) is 2.15. The minimum absolute atomic E-state index is 0.117. The molecule has 0 aromatic heterocycles. The second-order valence-electron chi connectivity index (χ2n) is 4.27. The number of hydrogen-bond acceptors (Lipinski definition) is 2. The van der Waals surface area contributed by atoms with E-state index in [1.54, 1.807) is 0 Å². The molecule has 0 heterocycles. The third kappa shape index (κ3) is 1.00. The van der Waals surface area contributed by atoms with Crippen LogP contribution in [0.1, 0.15) is 33.6 Å². The summed E-state index contributed by atoms with van der Waals surface area (Å²) in [5.41, 5.74) is -0.522. The molecule has 1 unspecified atom stereocenters. The first-order valence-corrected chi connectivity index (χ1v) is 4.08. The molecule has 0 aromatic carbocycles. The van der Waals surface area contributed by atoms with E-state index in [4.69, 9.17) is 5.11 Å². The Morgan fingerprint density at radius 2 is 2.00 bits per heavy atom. The minimum Gasteiger partial charge on any atom is -0.396 e. The van der Waals surface area contributed by atoms with Gasteiger partial charge in [-0.3, -0.25) is 4.79 Å². The van der Waals surface area contributed by atoms with E-state index in [1.165, 1.54) is 0 Å². The van der Waals surface area contributed by atoms with Crippen molar-refractivity contribution in [2.45, 2.75) is 33.6 Å². The van der Waals surface area contributed by atoms with E-state index < -0.39 is 0 Å². The van der Waals surface area contributed by atoms with Crippen LogP contribution in [0.15, 0.2) is 0 Å². The molecule has 1 saturated carbocycles. The third-order valence-corrected chi connectivity index (χ3v) is 3.46. The van der Waals surface area contributed by atoms with Gasteiger partial charge in [0.05, 0.1) is 0 Å². The van der Waals surface area contributed by atoms with Crippen LogP contribution in [0.25, 0.3) is 0 Å². The Bertz CT molecular complexity index is 184. The van der Waals surface area contributed by atoms with Gasteiger partial charge in [0.1, 0.15) is 5.78 Å². The van der Waals surface area contributed by atoms with Gasteiger partial charge < -0.3 is 5.11 Å². The normalized spacial score (nSPS) is 36.2. The fourth-order valence-corrected chi connectivity index (χ4v) is 1.63. The summed E-state index contributed by atoms with van der Waals surface area (Å²) >= 11 is 0. The Morgan fingerprint density at radius 3 is 2.18 bits per heavy atom. The molecule has 1 fully saturated rings. The van der Waals surface area contributed by atoms with E-state index in [0.717, 1.165) is 6.42 Å². The predicted molar refractivity (Wildman–Crippen MR) is 43.2 cm³/mol. The zero-order valence-corrected chi connectivity index (χ0v) is 7.48. The molecular formula is C9H16O2. The molecule has 0 bridgehead atoms. The summed E-state index contributed by atoms with van der Waals surface area (Å²) in [5, 5.41) is 9.13. The first-order valence-electron chi connectivity index (χ1n) is 4.08. The zero-order valence-electron chi connectivity index (χ0n) is 7.48. The molecule has 2 nitrogen and oxygen atoms in total. The van der Waals surface area contributed by atoms with Gasteiger partial charge in [0, 0.05) is 23.9 Å². The Kier molecular flexibility index (Phi) is 1.83. The largest absolute Gasteiger partial charge is 0.396 e. The van der Waals surface area contributed by atoms with Crippen LogP contribution in [-0.4, -0.2) is 17.5 Å². The Morgan fingerprint density at radius 1 is 1.45 bits per heavy atom. The first-order chi connectivity index (χ1) is 4.94. The van der Waals surface area contributed by atoms with Crippen LogP contribution in [0.2, 0.25) is 0 Å². The summed E-state index contributed by atoms with van der Waals surface area (Å²) < 4.78 is 0. The van der Waals surface area contributed by atoms with E-state index in [9.17, 15) is 4.79 Å². The number of rotatable bonds is 1. The molecule has 2 heteroatoms. The summed E-state index contributed by atoms with van der Waals surface area (Å²) in [6.45, 7) is 5.96. The standard InChI is InChI=1S/C9H16O2/c1-8(2)7(11)4-5-9(8,3)6-10/h10H,4-6H2,1-3H3. The van der Waals surface area contributed by atoms with Gasteiger partial charge in [0.25, 0.3) is 0 Å². The van der Waals surface area contributed by atoms with Crippen molar-refractivity contribution in [1.82, 2.24) is 0 Å². The lowest BCUT2D eigenvalue weighted by molar-refractivity contribution is -0.128. The van der Waals surface area contributed by atoms with E-state index in [1.807, 2.05) is 20.8 Å². The highest BCUT2D eigenvalue weighted by molar-refractivity contribution is 5.87. The quantitative estimate of drug-likeness (QED) is 0.622. The van der Waals surface area contributed by atoms with Gasteiger partial charge in [0.2, 0.25) is 0 Å². The van der Waals surface area contributed by atoms with E-state index >= 15 is 0 Å². The molecule has 0 spiro atoms. The molecule has 11 heavy (non-hydrogen) atoms. The number of Topliss-reactive ketones (excluding diaryl/α,β-unsaturated/α-hetero) is 1. The summed E-state index contributed by atoms with van der Waals surface area (Å²) in [7, 11) is 0. The molecule has 0 aliphatic heterocycles. The van der Waals surface area contributed by atoms with Gasteiger partial charge in [0.15, 0.2) is 0 Å². The van der Waals surface area contributed by atoms with Crippen LogP contribution in [0.5, 0.6) is 0 Å². The maximum absolute atomic E-state index is 11.4. The van der Waals surface area contributed by atoms with Crippen molar-refractivity contribution < 1.29 is 9.90 Å². The SMILES string of the molecule is CC1(CO)CCC(=O)C1(C)C. The molecule has 0 radical (unpaired) electrons. The van der Waals surface area contributed by atoms with E-state index in [2.05, 4.69) is 0 Å². The van der Waals surface area contributed by atoms with Crippen LogP contribution in [-0.2, 0) is 4.79 Å². The van der Waals surface area contributed by atoms with E-state index in [0.29, 0.717) is 6.42 Å². The molecule has 1 N–H and O–H groups in total. The number of carbonyl (C=O) groups excluding carboxylic acids is 1. The van der Waals surface area contributed by atoms with Crippen molar-refractivity contribution in [3.8, 4) is 0 Å². The molecule has 0 amide bonds. The van der Waals surface area contributed by atoms with Crippen molar-refractivity contribution in [1.29, 1.82) is 0 Å². The van der Waals surface area contributed by atoms with Crippen LogP contribution < -0.4 is 0 Å². The summed E-state index contributed by atoms with van der Waals surface area (Å²) in [5.74, 6) is 0.286. The van der Waals surface area contributed by atoms with Gasteiger partial charge in [-0.15, -0.1) is 0 Å². The molecule has 0 saturated heterocycles.